The lowest BCUT2D eigenvalue weighted by atomic mass is 9.51. The molecule has 0 N–H and O–H groups in total. The van der Waals surface area contributed by atoms with Gasteiger partial charge in [0.1, 0.15) is 11.4 Å². The summed E-state index contributed by atoms with van der Waals surface area (Å²) in [4.78, 5) is 0. The normalized spacial score (nSPS) is 26.0. The molecule has 3 fully saturated rings. The van der Waals surface area contributed by atoms with E-state index < -0.39 is 56.1 Å². The van der Waals surface area contributed by atoms with Gasteiger partial charge in [-0.15, -0.1) is 0 Å². The number of hydrogen-bond acceptors (Lipinski definition) is 6. The molecule has 3 saturated carbocycles. The minimum atomic E-state index is -5.16. The van der Waals surface area contributed by atoms with Gasteiger partial charge in [-0.3, -0.25) is 4.18 Å². The highest BCUT2D eigenvalue weighted by atomic mass is 32.2. The van der Waals surface area contributed by atoms with Crippen LogP contribution in [0.25, 0.3) is 11.8 Å². The van der Waals surface area contributed by atoms with Crippen LogP contribution < -0.4 is 0 Å². The Kier molecular flexibility index (Phi) is 7.34. The predicted octanol–water partition coefficient (Wildman–Crippen LogP) is 5.00. The lowest BCUT2D eigenvalue weighted by molar-refractivity contribution is -0.109. The highest BCUT2D eigenvalue weighted by molar-refractivity contribution is 7.89. The molecule has 4 aliphatic carbocycles. The average Bonchev–Trinajstić information content (AvgIpc) is 3.36. The largest absolute Gasteiger partial charge is 0.405 e. The monoisotopic (exact) mass is 671 g/mol. The zero-order chi connectivity index (χ0) is 31.9. The summed E-state index contributed by atoms with van der Waals surface area (Å²) in [6.07, 6.45) is -4.35. The number of fused-ring (bicyclic) bond motifs is 1. The zero-order valence-electron chi connectivity index (χ0n) is 23.0. The summed E-state index contributed by atoms with van der Waals surface area (Å²) in [6, 6.07) is 5.85. The van der Waals surface area contributed by atoms with E-state index >= 15 is 0 Å². The molecule has 0 saturated heterocycles. The molecule has 1 aromatic carbocycles. The molecule has 1 aromatic heterocycles. The molecule has 6 rings (SSSR count). The second-order valence-electron chi connectivity index (χ2n) is 12.3. The van der Waals surface area contributed by atoms with Gasteiger partial charge in [-0.1, -0.05) is 5.57 Å². The van der Waals surface area contributed by atoms with Crippen molar-refractivity contribution in [3.63, 3.8) is 0 Å². The Morgan fingerprint density at radius 1 is 1.00 bits per heavy atom. The molecule has 0 bridgehead atoms. The first kappa shape index (κ1) is 31.5. The van der Waals surface area contributed by atoms with E-state index in [2.05, 4.69) is 5.10 Å². The molecule has 1 heterocycles. The summed E-state index contributed by atoms with van der Waals surface area (Å²) >= 11 is 0. The standard InChI is InChI=1S/C27H28F7N3O5S2/c28-20-2-4-21(5-3-20)37-23-9-19-1-6-22-18(11-25(19,22)10-17(23)12-35-37)13-36(43(38,39)15-26(29,30)31)14-24(7-8-24)42-44(40,41)16-27(32,33)34/h2-5,9,12,18,22H,1,6-8,10-11,13-16H2/t18?,22?,25-/m1/s1. The zero-order valence-corrected chi connectivity index (χ0v) is 24.7. The van der Waals surface area contributed by atoms with Crippen LogP contribution in [0.4, 0.5) is 30.7 Å². The minimum absolute atomic E-state index is 0.0790. The van der Waals surface area contributed by atoms with E-state index in [4.69, 9.17) is 4.18 Å². The van der Waals surface area contributed by atoms with E-state index in [0.29, 0.717) is 35.7 Å². The van der Waals surface area contributed by atoms with Crippen LogP contribution in [0.1, 0.15) is 43.4 Å². The van der Waals surface area contributed by atoms with Gasteiger partial charge in [0.2, 0.25) is 10.0 Å². The maximum absolute atomic E-state index is 13.4. The van der Waals surface area contributed by atoms with Gasteiger partial charge in [0.25, 0.3) is 10.1 Å². The first-order chi connectivity index (χ1) is 20.3. The average molecular weight is 672 g/mol. The third-order valence-corrected chi connectivity index (χ3v) is 12.2. The molecule has 1 spiro atoms. The van der Waals surface area contributed by atoms with E-state index in [9.17, 15) is 47.6 Å². The maximum Gasteiger partial charge on any atom is 0.405 e. The molecule has 44 heavy (non-hydrogen) atoms. The number of hydrogen-bond donors (Lipinski definition) is 0. The van der Waals surface area contributed by atoms with Crippen LogP contribution in [0.5, 0.6) is 0 Å². The molecular weight excluding hydrogens is 643 g/mol. The number of rotatable bonds is 10. The number of halogens is 7. The van der Waals surface area contributed by atoms with Gasteiger partial charge < -0.3 is 0 Å². The van der Waals surface area contributed by atoms with Crippen LogP contribution in [0.3, 0.4) is 0 Å². The van der Waals surface area contributed by atoms with Crippen molar-refractivity contribution in [3.8, 4) is 5.69 Å². The third-order valence-electron chi connectivity index (χ3n) is 9.14. The number of benzene rings is 1. The fourth-order valence-electron chi connectivity index (χ4n) is 7.26. The van der Waals surface area contributed by atoms with Gasteiger partial charge in [-0.2, -0.15) is 44.2 Å². The second kappa shape index (κ2) is 10.3. The molecule has 17 heteroatoms. The van der Waals surface area contributed by atoms with E-state index in [1.54, 1.807) is 23.0 Å². The van der Waals surface area contributed by atoms with E-state index in [0.717, 1.165) is 16.8 Å². The van der Waals surface area contributed by atoms with E-state index in [1.807, 2.05) is 6.08 Å². The van der Waals surface area contributed by atoms with Gasteiger partial charge in [-0.25, -0.2) is 17.5 Å². The second-order valence-corrected chi connectivity index (χ2v) is 15.8. The Labute approximate surface area is 249 Å². The predicted molar refractivity (Wildman–Crippen MR) is 143 cm³/mol. The van der Waals surface area contributed by atoms with Crippen molar-refractivity contribution in [1.82, 2.24) is 14.1 Å². The Balaban J connectivity index is 1.22. The molecule has 3 atom stereocenters. The summed E-state index contributed by atoms with van der Waals surface area (Å²) in [6.45, 7) is -1.14. The topological polar surface area (TPSA) is 98.6 Å². The summed E-state index contributed by atoms with van der Waals surface area (Å²) in [5.41, 5.74) is 1.35. The van der Waals surface area contributed by atoms with Crippen molar-refractivity contribution in [2.75, 3.05) is 24.6 Å². The SMILES string of the molecule is O=S(=O)(CC(F)(F)F)OC1(CN(CC2C[C@]34Cc5cnn(-c6ccc(F)cc6)c5C=C3CCC24)S(=O)(=O)CC(F)(F)F)CC1. The van der Waals surface area contributed by atoms with E-state index in [1.165, 1.54) is 12.1 Å². The quantitative estimate of drug-likeness (QED) is 0.261. The molecule has 0 aliphatic heterocycles. The van der Waals surface area contributed by atoms with Gasteiger partial charge >= 0.3 is 12.4 Å². The highest BCUT2D eigenvalue weighted by Crippen LogP contribution is 2.67. The number of nitrogens with zero attached hydrogens (tertiary/aromatic N) is 3. The van der Waals surface area contributed by atoms with Crippen molar-refractivity contribution < 1.29 is 51.8 Å². The lowest BCUT2D eigenvalue weighted by Gasteiger charge is -2.55. The van der Waals surface area contributed by atoms with Crippen molar-refractivity contribution in [3.05, 3.63) is 53.1 Å². The van der Waals surface area contributed by atoms with Crippen molar-refractivity contribution in [1.29, 1.82) is 0 Å². The Hall–Kier alpha value is -2.50. The smallest absolute Gasteiger partial charge is 0.262 e. The number of allylic oxidation sites excluding steroid dienone is 1. The summed E-state index contributed by atoms with van der Waals surface area (Å²) < 4.78 is 149. The minimum Gasteiger partial charge on any atom is -0.262 e. The molecule has 0 radical (unpaired) electrons. The van der Waals surface area contributed by atoms with Gasteiger partial charge in [0, 0.05) is 13.1 Å². The summed E-state index contributed by atoms with van der Waals surface area (Å²) in [5, 5.41) is 4.46. The van der Waals surface area contributed by atoms with Crippen LogP contribution in [0, 0.1) is 23.1 Å². The van der Waals surface area contributed by atoms with Crippen molar-refractivity contribution in [2.45, 2.75) is 56.5 Å². The van der Waals surface area contributed by atoms with Gasteiger partial charge in [0.05, 0.1) is 17.6 Å². The van der Waals surface area contributed by atoms with E-state index in [-0.39, 0.29) is 42.5 Å². The van der Waals surface area contributed by atoms with Crippen LogP contribution in [0.2, 0.25) is 0 Å². The number of alkyl halides is 6. The first-order valence-electron chi connectivity index (χ1n) is 13.9. The molecule has 0 amide bonds. The third kappa shape index (κ3) is 6.16. The van der Waals surface area contributed by atoms with Gasteiger partial charge in [-0.05, 0) is 91.7 Å². The number of aromatic nitrogens is 2. The highest BCUT2D eigenvalue weighted by Gasteiger charge is 2.61. The fourth-order valence-corrected chi connectivity index (χ4v) is 9.92. The van der Waals surface area contributed by atoms with Crippen LogP contribution in [-0.4, -0.2) is 73.5 Å². The molecule has 242 valence electrons. The summed E-state index contributed by atoms with van der Waals surface area (Å²) in [5.74, 6) is -5.31. The molecular formula is C27H28F7N3O5S2. The molecule has 8 nitrogen and oxygen atoms in total. The van der Waals surface area contributed by atoms with Crippen molar-refractivity contribution >= 4 is 26.2 Å². The molecule has 4 aliphatic rings. The first-order valence-corrected chi connectivity index (χ1v) is 17.1. The lowest BCUT2D eigenvalue weighted by Crippen LogP contribution is -2.54. The van der Waals surface area contributed by atoms with Gasteiger partial charge in [0.15, 0.2) is 11.5 Å². The van der Waals surface area contributed by atoms with Crippen LogP contribution >= 0.6 is 0 Å². The maximum atomic E-state index is 13.4. The molecule has 2 aromatic rings. The Morgan fingerprint density at radius 3 is 2.27 bits per heavy atom. The Bertz CT molecular complexity index is 1700. The molecule has 2 unspecified atom stereocenters. The fraction of sp³-hybridized carbons (Fsp3) is 0.593. The number of sulfonamides is 1. The van der Waals surface area contributed by atoms with Crippen LogP contribution in [0.15, 0.2) is 36.0 Å². The van der Waals surface area contributed by atoms with Crippen molar-refractivity contribution in [2.24, 2.45) is 17.3 Å². The summed E-state index contributed by atoms with van der Waals surface area (Å²) in [7, 11) is -10.2. The Morgan fingerprint density at radius 2 is 1.66 bits per heavy atom. The van der Waals surface area contributed by atoms with Crippen LogP contribution in [-0.2, 0) is 30.7 Å².